The first-order valence-corrected chi connectivity index (χ1v) is 11.1. The molecular formula is C24H42O6. The van der Waals surface area contributed by atoms with E-state index < -0.39 is 0 Å². The highest BCUT2D eigenvalue weighted by Crippen LogP contribution is 2.30. The van der Waals surface area contributed by atoms with Crippen LogP contribution in [0.25, 0.3) is 0 Å². The molecule has 0 heterocycles. The Morgan fingerprint density at radius 2 is 1.30 bits per heavy atom. The van der Waals surface area contributed by atoms with Gasteiger partial charge in [0.25, 0.3) is 0 Å². The molecule has 0 saturated heterocycles. The Morgan fingerprint density at radius 1 is 0.867 bits per heavy atom. The first-order chi connectivity index (χ1) is 13.8. The fraction of sp³-hybridized carbons (Fsp3) is 0.833. The molecule has 0 N–H and O–H groups in total. The van der Waals surface area contributed by atoms with Gasteiger partial charge in [0.05, 0.1) is 13.7 Å². The van der Waals surface area contributed by atoms with Gasteiger partial charge in [0, 0.05) is 37.5 Å². The van der Waals surface area contributed by atoms with Crippen molar-refractivity contribution in [2.24, 2.45) is 23.7 Å². The molecule has 6 nitrogen and oxygen atoms in total. The Hall–Kier alpha value is -1.72. The maximum atomic E-state index is 11.6. The number of ether oxygens (including phenoxy) is 2. The Morgan fingerprint density at radius 3 is 1.67 bits per heavy atom. The Kier molecular flexibility index (Phi) is 14.3. The molecule has 0 aromatic rings. The summed E-state index contributed by atoms with van der Waals surface area (Å²) in [4.78, 5) is 45.5. The average Bonchev–Trinajstić information content (AvgIpc) is 2.69. The fourth-order valence-corrected chi connectivity index (χ4v) is 4.34. The SMILES string of the molecule is C.CCOC(=O)CC(C)C1CCCCC1=O.COC(=O)CC(C)C1CCCCC1=O. The molecule has 0 aliphatic heterocycles. The summed E-state index contributed by atoms with van der Waals surface area (Å²) in [7, 11) is 1.39. The van der Waals surface area contributed by atoms with Crippen LogP contribution in [0, 0.1) is 23.7 Å². The van der Waals surface area contributed by atoms with Crippen molar-refractivity contribution in [3.05, 3.63) is 0 Å². The lowest BCUT2D eigenvalue weighted by Gasteiger charge is -2.25. The van der Waals surface area contributed by atoms with E-state index in [2.05, 4.69) is 4.74 Å². The Labute approximate surface area is 182 Å². The highest BCUT2D eigenvalue weighted by molar-refractivity contribution is 5.83. The fourth-order valence-electron chi connectivity index (χ4n) is 4.34. The third-order valence-electron chi connectivity index (χ3n) is 6.09. The van der Waals surface area contributed by atoms with Crippen LogP contribution < -0.4 is 0 Å². The largest absolute Gasteiger partial charge is 0.469 e. The molecule has 2 rings (SSSR count). The van der Waals surface area contributed by atoms with Crippen LogP contribution in [0.15, 0.2) is 0 Å². The number of Topliss-reactive ketones (excluding diaryl/α,β-unsaturated/α-hetero) is 2. The second kappa shape index (κ2) is 15.1. The Bertz CT molecular complexity index is 556. The van der Waals surface area contributed by atoms with Gasteiger partial charge in [0.1, 0.15) is 11.6 Å². The smallest absolute Gasteiger partial charge is 0.306 e. The molecule has 2 saturated carbocycles. The van der Waals surface area contributed by atoms with E-state index >= 15 is 0 Å². The minimum absolute atomic E-state index is 0. The predicted octanol–water partition coefficient (Wildman–Crippen LogP) is 4.92. The first-order valence-electron chi connectivity index (χ1n) is 11.1. The van der Waals surface area contributed by atoms with Crippen molar-refractivity contribution in [2.45, 2.75) is 92.4 Å². The molecule has 6 heteroatoms. The number of carbonyl (C=O) groups excluding carboxylic acids is 4. The standard InChI is InChI=1S/C12H20O3.C11H18O3.CH4/c1-3-15-12(14)8-9(2)10-6-4-5-7-11(10)13;1-8(7-11(13)14-2)9-5-3-4-6-10(9)12;/h9-10H,3-8H2,1-2H3;8-9H,3-7H2,1-2H3;1H4. The first kappa shape index (κ1) is 28.3. The van der Waals surface area contributed by atoms with E-state index in [1.165, 1.54) is 7.11 Å². The van der Waals surface area contributed by atoms with Crippen LogP contribution in [0.3, 0.4) is 0 Å². The van der Waals surface area contributed by atoms with Gasteiger partial charge in [-0.2, -0.15) is 0 Å². The van der Waals surface area contributed by atoms with E-state index in [0.29, 0.717) is 43.9 Å². The van der Waals surface area contributed by atoms with Gasteiger partial charge in [0.2, 0.25) is 0 Å². The van der Waals surface area contributed by atoms with Crippen LogP contribution in [0.2, 0.25) is 0 Å². The van der Waals surface area contributed by atoms with Crippen molar-refractivity contribution in [2.75, 3.05) is 13.7 Å². The second-order valence-electron chi connectivity index (χ2n) is 8.38. The molecule has 2 aliphatic carbocycles. The summed E-state index contributed by atoms with van der Waals surface area (Å²) in [6, 6.07) is 0. The zero-order chi connectivity index (χ0) is 21.8. The lowest BCUT2D eigenvalue weighted by atomic mass is 9.78. The molecule has 2 fully saturated rings. The quantitative estimate of drug-likeness (QED) is 0.537. The van der Waals surface area contributed by atoms with Crippen LogP contribution in [0.4, 0.5) is 0 Å². The number of ketones is 2. The summed E-state index contributed by atoms with van der Waals surface area (Å²) >= 11 is 0. The highest BCUT2D eigenvalue weighted by Gasteiger charge is 2.29. The van der Waals surface area contributed by atoms with Crippen LogP contribution in [0.1, 0.15) is 92.4 Å². The van der Waals surface area contributed by atoms with Crippen molar-refractivity contribution < 1.29 is 28.7 Å². The number of hydrogen-bond acceptors (Lipinski definition) is 6. The van der Waals surface area contributed by atoms with E-state index in [-0.39, 0.29) is 43.0 Å². The minimum atomic E-state index is -0.212. The monoisotopic (exact) mass is 426 g/mol. The molecule has 30 heavy (non-hydrogen) atoms. The predicted molar refractivity (Wildman–Crippen MR) is 117 cm³/mol. The number of methoxy groups -OCH3 is 1. The number of rotatable bonds is 7. The second-order valence-corrected chi connectivity index (χ2v) is 8.38. The molecule has 0 radical (unpaired) electrons. The van der Waals surface area contributed by atoms with Crippen molar-refractivity contribution >= 4 is 23.5 Å². The van der Waals surface area contributed by atoms with Crippen LogP contribution in [-0.2, 0) is 28.7 Å². The molecule has 0 amide bonds. The highest BCUT2D eigenvalue weighted by atomic mass is 16.5. The average molecular weight is 427 g/mol. The number of esters is 2. The van der Waals surface area contributed by atoms with E-state index in [4.69, 9.17) is 4.74 Å². The Balaban J connectivity index is 0.000000544. The molecule has 0 bridgehead atoms. The van der Waals surface area contributed by atoms with E-state index in [1.807, 2.05) is 13.8 Å². The molecule has 0 aromatic carbocycles. The van der Waals surface area contributed by atoms with Crippen LogP contribution >= 0.6 is 0 Å². The molecule has 4 unspecified atom stereocenters. The molecule has 2 aliphatic rings. The summed E-state index contributed by atoms with van der Waals surface area (Å²) in [5, 5.41) is 0. The van der Waals surface area contributed by atoms with Gasteiger partial charge in [-0.1, -0.05) is 34.1 Å². The van der Waals surface area contributed by atoms with Crippen molar-refractivity contribution in [1.29, 1.82) is 0 Å². The summed E-state index contributed by atoms with van der Waals surface area (Å²) in [5.74, 6) is 0.711. The maximum absolute atomic E-state index is 11.6. The van der Waals surface area contributed by atoms with Gasteiger partial charge >= 0.3 is 11.9 Å². The van der Waals surface area contributed by atoms with E-state index in [9.17, 15) is 19.2 Å². The minimum Gasteiger partial charge on any atom is -0.469 e. The van der Waals surface area contributed by atoms with Crippen molar-refractivity contribution in [3.8, 4) is 0 Å². The molecular weight excluding hydrogens is 384 g/mol. The molecule has 0 spiro atoms. The zero-order valence-corrected chi connectivity index (χ0v) is 18.5. The van der Waals surface area contributed by atoms with Gasteiger partial charge in [0.15, 0.2) is 0 Å². The zero-order valence-electron chi connectivity index (χ0n) is 18.5. The number of hydrogen-bond donors (Lipinski definition) is 0. The van der Waals surface area contributed by atoms with Gasteiger partial charge in [-0.15, -0.1) is 0 Å². The molecule has 4 atom stereocenters. The third-order valence-corrected chi connectivity index (χ3v) is 6.09. The maximum Gasteiger partial charge on any atom is 0.306 e. The van der Waals surface area contributed by atoms with Gasteiger partial charge in [-0.05, 0) is 44.4 Å². The summed E-state index contributed by atoms with van der Waals surface area (Å²) in [6.07, 6.45) is 8.27. The summed E-state index contributed by atoms with van der Waals surface area (Å²) in [6.45, 7) is 6.16. The van der Waals surface area contributed by atoms with Gasteiger partial charge in [-0.25, -0.2) is 0 Å². The molecule has 174 valence electrons. The molecule has 0 aromatic heterocycles. The van der Waals surface area contributed by atoms with Crippen LogP contribution in [0.5, 0.6) is 0 Å². The lowest BCUT2D eigenvalue weighted by molar-refractivity contribution is -0.145. The summed E-state index contributed by atoms with van der Waals surface area (Å²) < 4.78 is 9.49. The van der Waals surface area contributed by atoms with Gasteiger partial charge in [-0.3, -0.25) is 19.2 Å². The van der Waals surface area contributed by atoms with Gasteiger partial charge < -0.3 is 9.47 Å². The normalized spacial score (nSPS) is 23.2. The number of carbonyl (C=O) groups is 4. The van der Waals surface area contributed by atoms with E-state index in [1.54, 1.807) is 6.92 Å². The topological polar surface area (TPSA) is 86.7 Å². The van der Waals surface area contributed by atoms with Crippen LogP contribution in [-0.4, -0.2) is 37.2 Å². The van der Waals surface area contributed by atoms with E-state index in [0.717, 1.165) is 38.5 Å². The van der Waals surface area contributed by atoms with Crippen molar-refractivity contribution in [1.82, 2.24) is 0 Å². The van der Waals surface area contributed by atoms with Crippen molar-refractivity contribution in [3.63, 3.8) is 0 Å². The summed E-state index contributed by atoms with van der Waals surface area (Å²) in [5.41, 5.74) is 0. The lowest BCUT2D eigenvalue weighted by Crippen LogP contribution is -2.27. The third kappa shape index (κ3) is 9.86.